The molecular formula is C23H20N4OS. The molecule has 5 nitrogen and oxygen atoms in total. The number of nitrogens with zero attached hydrogens (tertiary/aromatic N) is 2. The molecule has 2 aromatic carbocycles. The summed E-state index contributed by atoms with van der Waals surface area (Å²) in [7, 11) is 0. The van der Waals surface area contributed by atoms with Crippen LogP contribution in [0.4, 0.5) is 11.4 Å². The molecule has 144 valence electrons. The van der Waals surface area contributed by atoms with Crippen molar-refractivity contribution in [1.82, 2.24) is 9.55 Å². The van der Waals surface area contributed by atoms with Gasteiger partial charge in [-0.05, 0) is 50.2 Å². The van der Waals surface area contributed by atoms with Crippen molar-refractivity contribution in [2.75, 3.05) is 11.1 Å². The van der Waals surface area contributed by atoms with Crippen molar-refractivity contribution in [3.05, 3.63) is 65.2 Å². The van der Waals surface area contributed by atoms with Gasteiger partial charge in [-0.3, -0.25) is 4.79 Å². The summed E-state index contributed by atoms with van der Waals surface area (Å²) in [6.45, 7) is 4.96. The summed E-state index contributed by atoms with van der Waals surface area (Å²) in [5.41, 5.74) is 10.7. The normalized spacial score (nSPS) is 11.5. The van der Waals surface area contributed by atoms with Gasteiger partial charge in [0.1, 0.15) is 9.71 Å². The second-order valence-corrected chi connectivity index (χ2v) is 8.10. The van der Waals surface area contributed by atoms with Gasteiger partial charge in [-0.1, -0.05) is 18.2 Å². The van der Waals surface area contributed by atoms with Gasteiger partial charge in [0.25, 0.3) is 5.91 Å². The Hall–Kier alpha value is -3.38. The first-order valence-corrected chi connectivity index (χ1v) is 10.4. The fourth-order valence-corrected chi connectivity index (χ4v) is 4.95. The lowest BCUT2D eigenvalue weighted by Gasteiger charge is -2.06. The maximum absolute atomic E-state index is 12.9. The molecule has 0 spiro atoms. The quantitative estimate of drug-likeness (QED) is 0.416. The average Bonchev–Trinajstić information content (AvgIpc) is 3.22. The van der Waals surface area contributed by atoms with Gasteiger partial charge in [-0.2, -0.15) is 0 Å². The van der Waals surface area contributed by atoms with Crippen molar-refractivity contribution in [3.8, 4) is 0 Å². The fourth-order valence-electron chi connectivity index (χ4n) is 3.92. The molecule has 0 aliphatic rings. The Morgan fingerprint density at radius 1 is 1.07 bits per heavy atom. The zero-order chi connectivity index (χ0) is 20.1. The molecule has 0 aliphatic heterocycles. The number of anilines is 2. The standard InChI is InChI=1S/C23H20N4OS/c1-3-27-18-7-5-4-6-15(18)17-12-14(9-11-19(17)27)26-22(28)21-20(24)16-10-8-13(2)25-23(16)29-21/h4-12H,3,24H2,1-2H3,(H,26,28). The number of para-hydroxylation sites is 1. The summed E-state index contributed by atoms with van der Waals surface area (Å²) in [4.78, 5) is 18.7. The molecule has 0 aliphatic carbocycles. The Balaban J connectivity index is 1.56. The monoisotopic (exact) mass is 400 g/mol. The predicted octanol–water partition coefficient (Wildman–Crippen LogP) is 5.57. The first-order valence-electron chi connectivity index (χ1n) is 9.54. The third-order valence-electron chi connectivity index (χ3n) is 5.29. The van der Waals surface area contributed by atoms with Crippen molar-refractivity contribution >= 4 is 60.6 Å². The van der Waals surface area contributed by atoms with Gasteiger partial charge in [0.05, 0.1) is 5.69 Å². The van der Waals surface area contributed by atoms with E-state index in [1.807, 2.05) is 37.3 Å². The van der Waals surface area contributed by atoms with E-state index in [-0.39, 0.29) is 5.91 Å². The van der Waals surface area contributed by atoms with E-state index in [1.54, 1.807) is 0 Å². The molecule has 3 heterocycles. The Bertz CT molecular complexity index is 1410. The maximum Gasteiger partial charge on any atom is 0.267 e. The number of thiophene rings is 1. The van der Waals surface area contributed by atoms with Gasteiger partial charge < -0.3 is 15.6 Å². The summed E-state index contributed by atoms with van der Waals surface area (Å²) in [6, 6.07) is 18.2. The van der Waals surface area contributed by atoms with Gasteiger partial charge in [0.15, 0.2) is 0 Å². The van der Waals surface area contributed by atoms with E-state index in [0.29, 0.717) is 10.6 Å². The first-order chi connectivity index (χ1) is 14.1. The van der Waals surface area contributed by atoms with Crippen LogP contribution in [0.1, 0.15) is 22.3 Å². The van der Waals surface area contributed by atoms with Gasteiger partial charge in [0, 0.05) is 45.1 Å². The van der Waals surface area contributed by atoms with E-state index < -0.39 is 0 Å². The van der Waals surface area contributed by atoms with Crippen molar-refractivity contribution in [1.29, 1.82) is 0 Å². The number of nitrogen functional groups attached to an aromatic ring is 1. The zero-order valence-corrected chi connectivity index (χ0v) is 17.0. The molecule has 6 heteroatoms. The number of nitrogens with one attached hydrogen (secondary N) is 1. The zero-order valence-electron chi connectivity index (χ0n) is 16.2. The smallest absolute Gasteiger partial charge is 0.267 e. The summed E-state index contributed by atoms with van der Waals surface area (Å²) in [5.74, 6) is -0.207. The molecular weight excluding hydrogens is 380 g/mol. The molecule has 5 rings (SSSR count). The lowest BCUT2D eigenvalue weighted by atomic mass is 10.1. The molecule has 0 saturated heterocycles. The minimum Gasteiger partial charge on any atom is -0.397 e. The van der Waals surface area contributed by atoms with E-state index in [4.69, 9.17) is 5.73 Å². The lowest BCUT2D eigenvalue weighted by Crippen LogP contribution is -2.11. The van der Waals surface area contributed by atoms with E-state index in [2.05, 4.69) is 46.1 Å². The minimum absolute atomic E-state index is 0.207. The fraction of sp³-hybridized carbons (Fsp3) is 0.130. The van der Waals surface area contributed by atoms with Crippen LogP contribution in [-0.2, 0) is 6.54 Å². The SMILES string of the molecule is CCn1c2ccccc2c2cc(NC(=O)c3sc4nc(C)ccc4c3N)ccc21. The molecule has 3 N–H and O–H groups in total. The van der Waals surface area contributed by atoms with Crippen LogP contribution >= 0.6 is 11.3 Å². The molecule has 0 radical (unpaired) electrons. The topological polar surface area (TPSA) is 72.9 Å². The summed E-state index contributed by atoms with van der Waals surface area (Å²) in [5, 5.41) is 6.15. The number of hydrogen-bond donors (Lipinski definition) is 2. The average molecular weight is 401 g/mol. The molecule has 0 saturated carbocycles. The van der Waals surface area contributed by atoms with Gasteiger partial charge >= 0.3 is 0 Å². The molecule has 0 atom stereocenters. The van der Waals surface area contributed by atoms with E-state index in [9.17, 15) is 4.79 Å². The van der Waals surface area contributed by atoms with Crippen molar-refractivity contribution in [2.45, 2.75) is 20.4 Å². The number of amides is 1. The molecule has 3 aromatic heterocycles. The number of carbonyl (C=O) groups is 1. The highest BCUT2D eigenvalue weighted by Gasteiger charge is 2.18. The van der Waals surface area contributed by atoms with Crippen LogP contribution in [0.3, 0.4) is 0 Å². The molecule has 1 amide bonds. The molecule has 0 fully saturated rings. The first kappa shape index (κ1) is 17.7. The van der Waals surface area contributed by atoms with Crippen molar-refractivity contribution < 1.29 is 4.79 Å². The number of benzene rings is 2. The number of aryl methyl sites for hydroxylation is 2. The Morgan fingerprint density at radius 3 is 2.69 bits per heavy atom. The third-order valence-corrected chi connectivity index (χ3v) is 6.40. The summed E-state index contributed by atoms with van der Waals surface area (Å²) >= 11 is 1.33. The molecule has 29 heavy (non-hydrogen) atoms. The number of pyridine rings is 1. The Kier molecular flexibility index (Phi) is 4.03. The number of aromatic nitrogens is 2. The highest BCUT2D eigenvalue weighted by molar-refractivity contribution is 7.21. The van der Waals surface area contributed by atoms with Crippen LogP contribution in [-0.4, -0.2) is 15.5 Å². The number of rotatable bonds is 3. The Labute approximate surface area is 171 Å². The number of fused-ring (bicyclic) bond motifs is 4. The van der Waals surface area contributed by atoms with Crippen LogP contribution in [0.25, 0.3) is 32.0 Å². The highest BCUT2D eigenvalue weighted by Crippen LogP contribution is 2.34. The van der Waals surface area contributed by atoms with Crippen LogP contribution in [0.15, 0.2) is 54.6 Å². The van der Waals surface area contributed by atoms with Crippen LogP contribution < -0.4 is 11.1 Å². The van der Waals surface area contributed by atoms with Gasteiger partial charge in [-0.25, -0.2) is 4.98 Å². The van der Waals surface area contributed by atoms with Gasteiger partial charge in [0.2, 0.25) is 0 Å². The van der Waals surface area contributed by atoms with Gasteiger partial charge in [-0.15, -0.1) is 11.3 Å². The highest BCUT2D eigenvalue weighted by atomic mass is 32.1. The predicted molar refractivity (Wildman–Crippen MR) is 122 cm³/mol. The van der Waals surface area contributed by atoms with Crippen molar-refractivity contribution in [3.63, 3.8) is 0 Å². The minimum atomic E-state index is -0.207. The largest absolute Gasteiger partial charge is 0.397 e. The molecule has 5 aromatic rings. The second-order valence-electron chi connectivity index (χ2n) is 7.10. The summed E-state index contributed by atoms with van der Waals surface area (Å²) < 4.78 is 2.29. The van der Waals surface area contributed by atoms with Crippen LogP contribution in [0, 0.1) is 6.92 Å². The second kappa shape index (κ2) is 6.60. The Morgan fingerprint density at radius 2 is 1.86 bits per heavy atom. The van der Waals surface area contributed by atoms with Crippen molar-refractivity contribution in [2.24, 2.45) is 0 Å². The third kappa shape index (κ3) is 2.76. The van der Waals surface area contributed by atoms with E-state index in [0.717, 1.165) is 39.0 Å². The summed E-state index contributed by atoms with van der Waals surface area (Å²) in [6.07, 6.45) is 0. The number of carbonyl (C=O) groups excluding carboxylic acids is 1. The van der Waals surface area contributed by atoms with E-state index >= 15 is 0 Å². The molecule has 0 bridgehead atoms. The van der Waals surface area contributed by atoms with E-state index in [1.165, 1.54) is 22.2 Å². The van der Waals surface area contributed by atoms with Crippen LogP contribution in [0.5, 0.6) is 0 Å². The lowest BCUT2D eigenvalue weighted by molar-refractivity contribution is 0.103. The maximum atomic E-state index is 12.9. The number of hydrogen-bond acceptors (Lipinski definition) is 4. The number of nitrogens with two attached hydrogens (primary N) is 1. The van der Waals surface area contributed by atoms with Crippen LogP contribution in [0.2, 0.25) is 0 Å². The molecule has 0 unspecified atom stereocenters.